The molecule has 0 saturated heterocycles. The van der Waals surface area contributed by atoms with E-state index >= 15 is 0 Å². The quantitative estimate of drug-likeness (QED) is 0.902. The Kier molecular flexibility index (Phi) is 4.20. The van der Waals surface area contributed by atoms with Crippen LogP contribution < -0.4 is 16.6 Å². The Bertz CT molecular complexity index is 701. The van der Waals surface area contributed by atoms with Crippen LogP contribution in [0, 0.1) is 0 Å². The predicted molar refractivity (Wildman–Crippen MR) is 78.6 cm³/mol. The van der Waals surface area contributed by atoms with E-state index in [1.54, 1.807) is 13.2 Å². The molecule has 0 saturated carbocycles. The summed E-state index contributed by atoms with van der Waals surface area (Å²) in [7, 11) is 3.14. The lowest BCUT2D eigenvalue weighted by atomic mass is 10.1. The second-order valence-corrected chi connectivity index (χ2v) is 4.93. The summed E-state index contributed by atoms with van der Waals surface area (Å²) < 4.78 is 2.55. The zero-order valence-electron chi connectivity index (χ0n) is 12.0. The van der Waals surface area contributed by atoms with Gasteiger partial charge in [0, 0.05) is 38.4 Å². The van der Waals surface area contributed by atoms with Crippen LogP contribution in [0.5, 0.6) is 0 Å². The zero-order chi connectivity index (χ0) is 14.7. The van der Waals surface area contributed by atoms with Gasteiger partial charge in [-0.3, -0.25) is 9.36 Å². The van der Waals surface area contributed by atoms with Crippen molar-refractivity contribution in [3.8, 4) is 0 Å². The first-order chi connectivity index (χ1) is 9.50. The maximum absolute atomic E-state index is 12.0. The highest BCUT2D eigenvalue weighted by Gasteiger charge is 2.09. The van der Waals surface area contributed by atoms with Crippen molar-refractivity contribution in [2.24, 2.45) is 14.1 Å². The van der Waals surface area contributed by atoms with Crippen LogP contribution in [-0.4, -0.2) is 9.13 Å². The number of aryl methyl sites for hydroxylation is 1. The number of benzene rings is 1. The third-order valence-electron chi connectivity index (χ3n) is 3.42. The molecular formula is C15H19N3O2. The summed E-state index contributed by atoms with van der Waals surface area (Å²) in [5.41, 5.74) is 1.18. The molecule has 1 atom stereocenters. The Morgan fingerprint density at radius 3 is 2.45 bits per heavy atom. The minimum atomic E-state index is -0.310. The van der Waals surface area contributed by atoms with Crippen LogP contribution in [0.25, 0.3) is 0 Å². The molecule has 1 heterocycles. The molecule has 0 bridgehead atoms. The lowest BCUT2D eigenvalue weighted by Gasteiger charge is -2.14. The Morgan fingerprint density at radius 1 is 1.15 bits per heavy atom. The monoisotopic (exact) mass is 273 g/mol. The first kappa shape index (κ1) is 14.3. The summed E-state index contributed by atoms with van der Waals surface area (Å²) in [5, 5.41) is 3.30. The Balaban J connectivity index is 2.16. The Morgan fingerprint density at radius 2 is 1.80 bits per heavy atom. The van der Waals surface area contributed by atoms with E-state index in [9.17, 15) is 9.59 Å². The number of aromatic nitrogens is 2. The molecule has 1 N–H and O–H groups in total. The fourth-order valence-corrected chi connectivity index (χ4v) is 2.13. The number of hydrogen-bond donors (Lipinski definition) is 1. The van der Waals surface area contributed by atoms with Gasteiger partial charge in [0.25, 0.3) is 5.56 Å². The molecule has 0 aliphatic heterocycles. The molecule has 0 amide bonds. The van der Waals surface area contributed by atoms with Crippen LogP contribution in [0.2, 0.25) is 0 Å². The summed E-state index contributed by atoms with van der Waals surface area (Å²) in [4.78, 5) is 23.6. The Hall–Kier alpha value is -2.14. The van der Waals surface area contributed by atoms with Crippen molar-refractivity contribution in [1.82, 2.24) is 14.5 Å². The summed E-state index contributed by atoms with van der Waals surface area (Å²) >= 11 is 0. The first-order valence-corrected chi connectivity index (χ1v) is 6.54. The second kappa shape index (κ2) is 5.88. The van der Waals surface area contributed by atoms with E-state index in [-0.39, 0.29) is 17.3 Å². The molecule has 106 valence electrons. The van der Waals surface area contributed by atoms with E-state index in [0.29, 0.717) is 12.1 Å². The fraction of sp³-hybridized carbons (Fsp3) is 0.333. The van der Waals surface area contributed by atoms with E-state index in [4.69, 9.17) is 0 Å². The van der Waals surface area contributed by atoms with Crippen LogP contribution in [-0.2, 0) is 20.6 Å². The summed E-state index contributed by atoms with van der Waals surface area (Å²) in [6.07, 6.45) is 1.59. The van der Waals surface area contributed by atoms with E-state index in [1.165, 1.54) is 11.6 Å². The minimum absolute atomic E-state index is 0.137. The maximum Gasteiger partial charge on any atom is 0.330 e. The lowest BCUT2D eigenvalue weighted by molar-refractivity contribution is 0.559. The van der Waals surface area contributed by atoms with Gasteiger partial charge in [-0.1, -0.05) is 30.3 Å². The van der Waals surface area contributed by atoms with Crippen molar-refractivity contribution >= 4 is 0 Å². The van der Waals surface area contributed by atoms with Crippen LogP contribution in [0.4, 0.5) is 0 Å². The second-order valence-electron chi connectivity index (χ2n) is 4.93. The molecule has 0 spiro atoms. The molecule has 20 heavy (non-hydrogen) atoms. The summed E-state index contributed by atoms with van der Waals surface area (Å²) in [6.45, 7) is 2.47. The largest absolute Gasteiger partial charge is 0.330 e. The summed E-state index contributed by atoms with van der Waals surface area (Å²) in [5.74, 6) is 0. The first-order valence-electron chi connectivity index (χ1n) is 6.54. The normalized spacial score (nSPS) is 12.3. The zero-order valence-corrected chi connectivity index (χ0v) is 12.0. The highest BCUT2D eigenvalue weighted by molar-refractivity contribution is 5.18. The van der Waals surface area contributed by atoms with Gasteiger partial charge < -0.3 is 9.88 Å². The van der Waals surface area contributed by atoms with E-state index in [0.717, 1.165) is 10.1 Å². The van der Waals surface area contributed by atoms with Gasteiger partial charge in [-0.25, -0.2) is 4.79 Å². The topological polar surface area (TPSA) is 56.0 Å². The standard InChI is InChI=1S/C15H19N3O2/c1-11(12-7-5-4-6-8-12)16-9-13-10-17(2)15(20)18(3)14(13)19/h4-8,10-11,16H,9H2,1-3H3. The van der Waals surface area contributed by atoms with Crippen molar-refractivity contribution in [2.75, 3.05) is 0 Å². The molecule has 2 aromatic rings. The van der Waals surface area contributed by atoms with Crippen LogP contribution in [0.15, 0.2) is 46.1 Å². The summed E-state index contributed by atoms with van der Waals surface area (Å²) in [6, 6.07) is 10.2. The molecule has 1 aromatic heterocycles. The average Bonchev–Trinajstić information content (AvgIpc) is 2.48. The molecule has 0 radical (unpaired) electrons. The Labute approximate surface area is 117 Å². The van der Waals surface area contributed by atoms with E-state index in [2.05, 4.69) is 5.32 Å². The predicted octanol–water partition coefficient (Wildman–Crippen LogP) is 0.935. The van der Waals surface area contributed by atoms with Gasteiger partial charge in [-0.15, -0.1) is 0 Å². The maximum atomic E-state index is 12.0. The van der Waals surface area contributed by atoms with Gasteiger partial charge in [0.1, 0.15) is 0 Å². The van der Waals surface area contributed by atoms with Crippen molar-refractivity contribution in [3.05, 3.63) is 68.5 Å². The van der Waals surface area contributed by atoms with Crippen LogP contribution in [0.1, 0.15) is 24.1 Å². The minimum Gasteiger partial charge on any atom is -0.306 e. The number of rotatable bonds is 4. The fourth-order valence-electron chi connectivity index (χ4n) is 2.13. The lowest BCUT2D eigenvalue weighted by Crippen LogP contribution is -2.39. The van der Waals surface area contributed by atoms with Gasteiger partial charge >= 0.3 is 5.69 Å². The SMILES string of the molecule is CC(NCc1cn(C)c(=O)n(C)c1=O)c1ccccc1. The van der Waals surface area contributed by atoms with Crippen molar-refractivity contribution < 1.29 is 0 Å². The van der Waals surface area contributed by atoms with Crippen molar-refractivity contribution in [3.63, 3.8) is 0 Å². The molecule has 5 heteroatoms. The van der Waals surface area contributed by atoms with E-state index < -0.39 is 0 Å². The highest BCUT2D eigenvalue weighted by atomic mass is 16.2. The van der Waals surface area contributed by atoms with Crippen molar-refractivity contribution in [2.45, 2.75) is 19.5 Å². The number of hydrogen-bond acceptors (Lipinski definition) is 3. The molecule has 0 fully saturated rings. The molecule has 0 aliphatic carbocycles. The highest BCUT2D eigenvalue weighted by Crippen LogP contribution is 2.11. The van der Waals surface area contributed by atoms with Gasteiger partial charge in [0.2, 0.25) is 0 Å². The molecule has 2 rings (SSSR count). The molecular weight excluding hydrogens is 254 g/mol. The molecule has 1 unspecified atom stereocenters. The van der Waals surface area contributed by atoms with Gasteiger partial charge in [0.15, 0.2) is 0 Å². The van der Waals surface area contributed by atoms with Gasteiger partial charge in [0.05, 0.1) is 0 Å². The number of nitrogens with one attached hydrogen (secondary N) is 1. The molecule has 5 nitrogen and oxygen atoms in total. The third kappa shape index (κ3) is 2.88. The van der Waals surface area contributed by atoms with Crippen LogP contribution in [0.3, 0.4) is 0 Å². The number of nitrogens with zero attached hydrogens (tertiary/aromatic N) is 2. The molecule has 0 aliphatic rings. The van der Waals surface area contributed by atoms with Gasteiger partial charge in [-0.05, 0) is 12.5 Å². The molecule has 1 aromatic carbocycles. The average molecular weight is 273 g/mol. The smallest absolute Gasteiger partial charge is 0.306 e. The third-order valence-corrected chi connectivity index (χ3v) is 3.42. The van der Waals surface area contributed by atoms with Crippen LogP contribution >= 0.6 is 0 Å². The van der Waals surface area contributed by atoms with E-state index in [1.807, 2.05) is 37.3 Å². The van der Waals surface area contributed by atoms with Crippen molar-refractivity contribution in [1.29, 1.82) is 0 Å². The van der Waals surface area contributed by atoms with Gasteiger partial charge in [-0.2, -0.15) is 0 Å².